The highest BCUT2D eigenvalue weighted by Gasteiger charge is 2.32. The Morgan fingerprint density at radius 2 is 1.81 bits per heavy atom. The van der Waals surface area contributed by atoms with Gasteiger partial charge in [0.15, 0.2) is 0 Å². The Labute approximate surface area is 156 Å². The van der Waals surface area contributed by atoms with E-state index in [0.29, 0.717) is 5.56 Å². The fourth-order valence-corrected chi connectivity index (χ4v) is 3.64. The number of hydrogen-bond acceptors (Lipinski definition) is 2. The Kier molecular flexibility index (Phi) is 4.36. The van der Waals surface area contributed by atoms with E-state index in [0.717, 1.165) is 17.7 Å². The number of carbonyl (C=O) groups is 1. The highest BCUT2D eigenvalue weighted by molar-refractivity contribution is 6.07. The Bertz CT molecular complexity index is 1070. The lowest BCUT2D eigenvalue weighted by Crippen LogP contribution is -2.40. The van der Waals surface area contributed by atoms with Crippen LogP contribution >= 0.6 is 0 Å². The Balaban J connectivity index is 1.70. The van der Waals surface area contributed by atoms with Gasteiger partial charge in [-0.05, 0) is 43.2 Å². The summed E-state index contributed by atoms with van der Waals surface area (Å²) in [7, 11) is 0. The molecule has 0 N–H and O–H groups in total. The number of para-hydroxylation sites is 1. The fourth-order valence-electron chi connectivity index (χ4n) is 3.64. The molecule has 0 saturated carbocycles. The smallest absolute Gasteiger partial charge is 0.264 e. The minimum Gasteiger partial charge on any atom is -0.310 e. The number of hydrogen-bond donors (Lipinski definition) is 0. The molecule has 2 heterocycles. The van der Waals surface area contributed by atoms with E-state index in [4.69, 9.17) is 0 Å². The molecule has 4 nitrogen and oxygen atoms in total. The van der Waals surface area contributed by atoms with Crippen LogP contribution in [0.25, 0.3) is 0 Å². The van der Waals surface area contributed by atoms with Crippen molar-refractivity contribution < 1.29 is 9.18 Å². The summed E-state index contributed by atoms with van der Waals surface area (Å²) in [6, 6.07) is 17.2. The molecule has 0 fully saturated rings. The maximum Gasteiger partial charge on any atom is 0.264 e. The van der Waals surface area contributed by atoms with Crippen LogP contribution in [0.15, 0.2) is 71.7 Å². The molecule has 0 saturated heterocycles. The number of anilines is 1. The normalized spacial score (nSPS) is 15.6. The first-order valence-corrected chi connectivity index (χ1v) is 8.90. The molecule has 0 bridgehead atoms. The van der Waals surface area contributed by atoms with Crippen molar-refractivity contribution in [3.8, 4) is 0 Å². The summed E-state index contributed by atoms with van der Waals surface area (Å²) in [6.07, 6.45) is 2.34. The Hall–Kier alpha value is -3.21. The van der Waals surface area contributed by atoms with Crippen LogP contribution in [0, 0.1) is 5.82 Å². The maximum absolute atomic E-state index is 13.9. The third-order valence-electron chi connectivity index (χ3n) is 4.98. The fraction of sp³-hybridized carbons (Fsp3) is 0.182. The van der Waals surface area contributed by atoms with Gasteiger partial charge < -0.3 is 9.47 Å². The topological polar surface area (TPSA) is 42.3 Å². The highest BCUT2D eigenvalue weighted by atomic mass is 19.1. The summed E-state index contributed by atoms with van der Waals surface area (Å²) in [5.74, 6) is -0.691. The van der Waals surface area contributed by atoms with Gasteiger partial charge in [-0.2, -0.15) is 0 Å². The van der Waals surface area contributed by atoms with E-state index in [-0.39, 0.29) is 29.9 Å². The van der Waals surface area contributed by atoms with E-state index in [2.05, 4.69) is 0 Å². The summed E-state index contributed by atoms with van der Waals surface area (Å²) < 4.78 is 15.3. The lowest BCUT2D eigenvalue weighted by Gasteiger charge is -2.22. The molecule has 0 aliphatic carbocycles. The first-order valence-electron chi connectivity index (χ1n) is 8.90. The molecule has 4 rings (SSSR count). The summed E-state index contributed by atoms with van der Waals surface area (Å²) in [5.41, 5.74) is 2.03. The van der Waals surface area contributed by atoms with E-state index < -0.39 is 5.56 Å². The third-order valence-corrected chi connectivity index (χ3v) is 4.98. The maximum atomic E-state index is 13.9. The predicted octanol–water partition coefficient (Wildman–Crippen LogP) is 3.63. The zero-order valence-corrected chi connectivity index (χ0v) is 14.9. The second kappa shape index (κ2) is 6.83. The largest absolute Gasteiger partial charge is 0.310 e. The Morgan fingerprint density at radius 1 is 1.07 bits per heavy atom. The zero-order chi connectivity index (χ0) is 19.0. The molecule has 1 aliphatic rings. The zero-order valence-electron chi connectivity index (χ0n) is 14.9. The summed E-state index contributed by atoms with van der Waals surface area (Å²) >= 11 is 0. The molecule has 5 heteroatoms. The molecule has 0 spiro atoms. The lowest BCUT2D eigenvalue weighted by atomic mass is 10.1. The Morgan fingerprint density at radius 3 is 2.63 bits per heavy atom. The molecule has 1 aromatic heterocycles. The monoisotopic (exact) mass is 362 g/mol. The SMILES string of the molecule is C[C@@H]1Cc2ccccc2N1C(=O)c1cccn(Cc2ccccc2F)c1=O. The molecule has 2 aromatic carbocycles. The van der Waals surface area contributed by atoms with Crippen molar-refractivity contribution in [2.75, 3.05) is 4.90 Å². The van der Waals surface area contributed by atoms with Gasteiger partial charge >= 0.3 is 0 Å². The summed E-state index contributed by atoms with van der Waals surface area (Å²) in [5, 5.41) is 0. The van der Waals surface area contributed by atoms with Gasteiger partial charge in [0, 0.05) is 23.5 Å². The van der Waals surface area contributed by atoms with Crippen molar-refractivity contribution in [1.82, 2.24) is 4.57 Å². The number of pyridine rings is 1. The molecule has 0 unspecified atom stereocenters. The first kappa shape index (κ1) is 17.2. The minimum absolute atomic E-state index is 0.0190. The van der Waals surface area contributed by atoms with Crippen LogP contribution in [-0.4, -0.2) is 16.5 Å². The first-order chi connectivity index (χ1) is 13.1. The van der Waals surface area contributed by atoms with Crippen LogP contribution in [0.4, 0.5) is 10.1 Å². The second-order valence-electron chi connectivity index (χ2n) is 6.80. The molecular weight excluding hydrogens is 343 g/mol. The van der Waals surface area contributed by atoms with Crippen LogP contribution in [0.1, 0.15) is 28.4 Å². The molecule has 136 valence electrons. The van der Waals surface area contributed by atoms with Crippen molar-refractivity contribution in [3.63, 3.8) is 0 Å². The molecular formula is C22H19FN2O2. The number of nitrogens with zero attached hydrogens (tertiary/aromatic N) is 2. The number of halogens is 1. The summed E-state index contributed by atoms with van der Waals surface area (Å²) in [4.78, 5) is 27.7. The standard InChI is InChI=1S/C22H19FN2O2/c1-15-13-16-7-3-5-11-20(16)25(15)22(27)18-9-6-12-24(21(18)26)14-17-8-2-4-10-19(17)23/h2-12,15H,13-14H2,1H3/t15-/m1/s1. The number of carbonyl (C=O) groups excluding carboxylic acids is 1. The van der Waals surface area contributed by atoms with E-state index in [9.17, 15) is 14.0 Å². The van der Waals surface area contributed by atoms with Gasteiger partial charge in [0.25, 0.3) is 11.5 Å². The van der Waals surface area contributed by atoms with Gasteiger partial charge in [-0.15, -0.1) is 0 Å². The van der Waals surface area contributed by atoms with Crippen molar-refractivity contribution >= 4 is 11.6 Å². The molecule has 3 aromatic rings. The van der Waals surface area contributed by atoms with Gasteiger partial charge in [-0.3, -0.25) is 9.59 Å². The van der Waals surface area contributed by atoms with Crippen molar-refractivity contribution in [2.24, 2.45) is 0 Å². The van der Waals surface area contributed by atoms with E-state index >= 15 is 0 Å². The molecule has 1 atom stereocenters. The third kappa shape index (κ3) is 3.05. The molecule has 27 heavy (non-hydrogen) atoms. The summed E-state index contributed by atoms with van der Waals surface area (Å²) in [6.45, 7) is 2.05. The van der Waals surface area contributed by atoms with Crippen molar-refractivity contribution in [3.05, 3.63) is 99.7 Å². The van der Waals surface area contributed by atoms with E-state index in [1.807, 2.05) is 31.2 Å². The number of amides is 1. The molecule has 0 radical (unpaired) electrons. The lowest BCUT2D eigenvalue weighted by molar-refractivity contribution is 0.0979. The van der Waals surface area contributed by atoms with Crippen LogP contribution in [0.2, 0.25) is 0 Å². The average Bonchev–Trinajstić information content (AvgIpc) is 3.00. The predicted molar refractivity (Wildman–Crippen MR) is 103 cm³/mol. The van der Waals surface area contributed by atoms with Gasteiger partial charge in [0.05, 0.1) is 6.54 Å². The number of benzene rings is 2. The highest BCUT2D eigenvalue weighted by Crippen LogP contribution is 2.32. The van der Waals surface area contributed by atoms with E-state index in [1.165, 1.54) is 16.7 Å². The molecule has 1 aliphatic heterocycles. The van der Waals surface area contributed by atoms with Gasteiger partial charge in [0.1, 0.15) is 11.4 Å². The van der Waals surface area contributed by atoms with Crippen LogP contribution in [0.5, 0.6) is 0 Å². The van der Waals surface area contributed by atoms with Gasteiger partial charge in [0.2, 0.25) is 0 Å². The van der Waals surface area contributed by atoms with Crippen LogP contribution in [0.3, 0.4) is 0 Å². The van der Waals surface area contributed by atoms with Crippen molar-refractivity contribution in [2.45, 2.75) is 25.9 Å². The van der Waals surface area contributed by atoms with Crippen LogP contribution < -0.4 is 10.5 Å². The number of rotatable bonds is 3. The van der Waals surface area contributed by atoms with E-state index in [1.54, 1.807) is 35.4 Å². The van der Waals surface area contributed by atoms with Gasteiger partial charge in [-0.1, -0.05) is 36.4 Å². The minimum atomic E-state index is -0.415. The van der Waals surface area contributed by atoms with Crippen LogP contribution in [-0.2, 0) is 13.0 Å². The van der Waals surface area contributed by atoms with Crippen molar-refractivity contribution in [1.29, 1.82) is 0 Å². The quantitative estimate of drug-likeness (QED) is 0.714. The number of fused-ring (bicyclic) bond motifs is 1. The number of aromatic nitrogens is 1. The second-order valence-corrected chi connectivity index (χ2v) is 6.80. The average molecular weight is 362 g/mol. The molecule has 1 amide bonds. The van der Waals surface area contributed by atoms with Gasteiger partial charge in [-0.25, -0.2) is 4.39 Å².